The minimum absolute atomic E-state index is 0.0492. The van der Waals surface area contributed by atoms with E-state index in [0.29, 0.717) is 5.56 Å². The molecule has 1 aliphatic rings. The molecule has 2 atom stereocenters. The minimum Gasteiger partial charge on any atom is -0.478 e. The zero-order valence-corrected chi connectivity index (χ0v) is 12.6. The summed E-state index contributed by atoms with van der Waals surface area (Å²) in [6.45, 7) is 3.97. The van der Waals surface area contributed by atoms with Crippen LogP contribution < -0.4 is 5.32 Å². The summed E-state index contributed by atoms with van der Waals surface area (Å²) < 4.78 is 0. The van der Waals surface area contributed by atoms with Crippen molar-refractivity contribution in [3.63, 3.8) is 0 Å². The van der Waals surface area contributed by atoms with Gasteiger partial charge in [0.25, 0.3) is 0 Å². The number of aromatic carboxylic acids is 1. The quantitative estimate of drug-likeness (QED) is 0.792. The number of anilines is 1. The van der Waals surface area contributed by atoms with E-state index in [0.717, 1.165) is 11.3 Å². The van der Waals surface area contributed by atoms with Gasteiger partial charge in [0.2, 0.25) is 0 Å². The lowest BCUT2D eigenvalue weighted by Crippen LogP contribution is -2.38. The van der Waals surface area contributed by atoms with Gasteiger partial charge in [0.15, 0.2) is 0 Å². The summed E-state index contributed by atoms with van der Waals surface area (Å²) >= 11 is 0. The van der Waals surface area contributed by atoms with Crippen molar-refractivity contribution in [3.05, 3.63) is 65.2 Å². The first-order valence-corrected chi connectivity index (χ1v) is 7.28. The fourth-order valence-corrected chi connectivity index (χ4v) is 3.11. The third-order valence-electron chi connectivity index (χ3n) is 4.47. The van der Waals surface area contributed by atoms with Crippen molar-refractivity contribution in [2.75, 3.05) is 5.32 Å². The van der Waals surface area contributed by atoms with Gasteiger partial charge in [-0.05, 0) is 23.8 Å². The molecule has 4 heteroatoms. The Morgan fingerprint density at radius 2 is 1.82 bits per heavy atom. The Kier molecular flexibility index (Phi) is 3.41. The fraction of sp³-hybridized carbons (Fsp3) is 0.278. The van der Waals surface area contributed by atoms with E-state index in [9.17, 15) is 9.90 Å². The highest BCUT2D eigenvalue weighted by Crippen LogP contribution is 2.51. The van der Waals surface area contributed by atoms with Crippen LogP contribution in [-0.4, -0.2) is 16.2 Å². The molecule has 0 spiro atoms. The molecule has 0 aliphatic carbocycles. The minimum atomic E-state index is -0.988. The van der Waals surface area contributed by atoms with Crippen molar-refractivity contribution in [3.8, 4) is 0 Å². The van der Waals surface area contributed by atoms with Crippen LogP contribution in [0.2, 0.25) is 0 Å². The first-order valence-electron chi connectivity index (χ1n) is 7.28. The van der Waals surface area contributed by atoms with Crippen molar-refractivity contribution < 1.29 is 15.0 Å². The number of hydrogen-bond donors (Lipinski definition) is 3. The number of nitrogens with one attached hydrogen (secondary N) is 1. The highest BCUT2D eigenvalue weighted by molar-refractivity contribution is 5.88. The summed E-state index contributed by atoms with van der Waals surface area (Å²) in [6.07, 6.45) is -0.742. The van der Waals surface area contributed by atoms with E-state index in [-0.39, 0.29) is 11.6 Å². The van der Waals surface area contributed by atoms with Crippen LogP contribution in [0.25, 0.3) is 0 Å². The number of aliphatic hydroxyl groups is 1. The highest BCUT2D eigenvalue weighted by atomic mass is 16.4. The Bertz CT molecular complexity index is 710. The average molecular weight is 297 g/mol. The van der Waals surface area contributed by atoms with Gasteiger partial charge in [0.05, 0.1) is 17.7 Å². The number of carboxylic acids is 1. The zero-order valence-electron chi connectivity index (χ0n) is 12.6. The maximum atomic E-state index is 11.1. The van der Waals surface area contributed by atoms with Gasteiger partial charge in [-0.25, -0.2) is 4.79 Å². The van der Waals surface area contributed by atoms with Crippen LogP contribution in [0.5, 0.6) is 0 Å². The number of hydrogen-bond acceptors (Lipinski definition) is 3. The first-order chi connectivity index (χ1) is 10.4. The number of benzene rings is 2. The lowest BCUT2D eigenvalue weighted by molar-refractivity contribution is 0.0288. The zero-order chi connectivity index (χ0) is 15.9. The average Bonchev–Trinajstić information content (AvgIpc) is 2.51. The molecular formula is C18H19NO3. The predicted molar refractivity (Wildman–Crippen MR) is 84.9 cm³/mol. The Morgan fingerprint density at radius 3 is 2.45 bits per heavy atom. The van der Waals surface area contributed by atoms with Crippen molar-refractivity contribution in [1.29, 1.82) is 0 Å². The van der Waals surface area contributed by atoms with E-state index in [1.807, 2.05) is 44.2 Å². The van der Waals surface area contributed by atoms with Gasteiger partial charge in [-0.1, -0.05) is 44.2 Å². The van der Waals surface area contributed by atoms with E-state index in [2.05, 4.69) is 5.32 Å². The first kappa shape index (κ1) is 14.6. The maximum absolute atomic E-state index is 11.1. The lowest BCUT2D eigenvalue weighted by atomic mass is 9.70. The molecule has 2 aromatic rings. The molecule has 2 unspecified atom stereocenters. The smallest absolute Gasteiger partial charge is 0.335 e. The number of fused-ring (bicyclic) bond motifs is 1. The molecule has 0 bridgehead atoms. The molecule has 0 fully saturated rings. The molecule has 0 saturated carbocycles. The molecule has 114 valence electrons. The fourth-order valence-electron chi connectivity index (χ4n) is 3.11. The number of carbonyl (C=O) groups is 1. The highest BCUT2D eigenvalue weighted by Gasteiger charge is 2.43. The van der Waals surface area contributed by atoms with Crippen molar-refractivity contribution in [2.45, 2.75) is 26.0 Å². The van der Waals surface area contributed by atoms with Gasteiger partial charge >= 0.3 is 5.97 Å². The molecule has 2 aromatic carbocycles. The molecule has 0 aromatic heterocycles. The number of aliphatic hydroxyl groups excluding tert-OH is 1. The lowest BCUT2D eigenvalue weighted by Gasteiger charge is -2.45. The van der Waals surface area contributed by atoms with E-state index in [1.165, 1.54) is 0 Å². The maximum Gasteiger partial charge on any atom is 0.335 e. The Hall–Kier alpha value is -2.33. The van der Waals surface area contributed by atoms with Gasteiger partial charge < -0.3 is 15.5 Å². The normalized spacial score (nSPS) is 22.5. The number of rotatable bonds is 2. The molecule has 0 amide bonds. The molecular weight excluding hydrogens is 278 g/mol. The molecule has 3 N–H and O–H groups in total. The van der Waals surface area contributed by atoms with E-state index >= 15 is 0 Å². The SMILES string of the molecule is CC1(C)C(O)c2cc(C(=O)O)ccc2NC1c1ccccc1. The van der Waals surface area contributed by atoms with Crippen molar-refractivity contribution >= 4 is 11.7 Å². The van der Waals surface area contributed by atoms with E-state index < -0.39 is 17.5 Å². The van der Waals surface area contributed by atoms with Gasteiger partial charge in [-0.15, -0.1) is 0 Å². The molecule has 22 heavy (non-hydrogen) atoms. The third-order valence-corrected chi connectivity index (χ3v) is 4.47. The predicted octanol–water partition coefficient (Wildman–Crippen LogP) is 3.61. The largest absolute Gasteiger partial charge is 0.478 e. The Morgan fingerprint density at radius 1 is 1.14 bits per heavy atom. The third kappa shape index (κ3) is 2.25. The second-order valence-corrected chi connectivity index (χ2v) is 6.32. The second kappa shape index (κ2) is 5.14. The van der Waals surface area contributed by atoms with Crippen LogP contribution in [-0.2, 0) is 0 Å². The van der Waals surface area contributed by atoms with Crippen LogP contribution in [0.1, 0.15) is 47.5 Å². The van der Waals surface area contributed by atoms with Gasteiger partial charge in [-0.2, -0.15) is 0 Å². The number of carboxylic acid groups (broad SMARTS) is 1. The van der Waals surface area contributed by atoms with E-state index in [1.54, 1.807) is 18.2 Å². The van der Waals surface area contributed by atoms with Crippen LogP contribution in [0.3, 0.4) is 0 Å². The summed E-state index contributed by atoms with van der Waals surface area (Å²) in [6, 6.07) is 14.8. The van der Waals surface area contributed by atoms with Gasteiger partial charge in [0.1, 0.15) is 0 Å². The molecule has 0 saturated heterocycles. The standard InChI is InChI=1S/C18H19NO3/c1-18(2)15(11-6-4-3-5-7-11)19-14-9-8-12(17(21)22)10-13(14)16(18)20/h3-10,15-16,19-20H,1-2H3,(H,21,22). The summed E-state index contributed by atoms with van der Waals surface area (Å²) in [5.74, 6) is -0.988. The second-order valence-electron chi connectivity index (χ2n) is 6.32. The van der Waals surface area contributed by atoms with Crippen LogP contribution in [0.4, 0.5) is 5.69 Å². The van der Waals surface area contributed by atoms with Crippen molar-refractivity contribution in [2.24, 2.45) is 5.41 Å². The Labute approximate surface area is 129 Å². The molecule has 4 nitrogen and oxygen atoms in total. The topological polar surface area (TPSA) is 69.6 Å². The summed E-state index contributed by atoms with van der Waals surface area (Å²) in [5, 5.41) is 23.4. The molecule has 1 aliphatic heterocycles. The van der Waals surface area contributed by atoms with E-state index in [4.69, 9.17) is 5.11 Å². The summed E-state index contributed by atoms with van der Waals surface area (Å²) in [5.41, 5.74) is 2.24. The molecule has 0 radical (unpaired) electrons. The van der Waals surface area contributed by atoms with Gasteiger partial charge in [-0.3, -0.25) is 0 Å². The van der Waals surface area contributed by atoms with Gasteiger partial charge in [0, 0.05) is 16.7 Å². The van der Waals surface area contributed by atoms with Crippen LogP contribution >= 0.6 is 0 Å². The summed E-state index contributed by atoms with van der Waals surface area (Å²) in [4.78, 5) is 11.1. The van der Waals surface area contributed by atoms with Crippen molar-refractivity contribution in [1.82, 2.24) is 0 Å². The van der Waals surface area contributed by atoms with Crippen LogP contribution in [0, 0.1) is 5.41 Å². The molecule has 1 heterocycles. The summed E-state index contributed by atoms with van der Waals surface area (Å²) in [7, 11) is 0. The monoisotopic (exact) mass is 297 g/mol. The van der Waals surface area contributed by atoms with Crippen LogP contribution in [0.15, 0.2) is 48.5 Å². The Balaban J connectivity index is 2.08. The molecule has 3 rings (SSSR count).